The summed E-state index contributed by atoms with van der Waals surface area (Å²) in [4.78, 5) is 7.01. The number of hydrogen-bond donors (Lipinski definition) is 1. The molecule has 0 bridgehead atoms. The molecule has 1 saturated heterocycles. The molecule has 1 unspecified atom stereocenters. The Kier molecular flexibility index (Phi) is 5.38. The SMILES string of the molecule is CCNCc1c(C)cc(C)nc1N(C)CC1CCCO1. The maximum atomic E-state index is 5.74. The molecule has 4 nitrogen and oxygen atoms in total. The maximum Gasteiger partial charge on any atom is 0.133 e. The van der Waals surface area contributed by atoms with Crippen LogP contribution in [-0.2, 0) is 11.3 Å². The molecule has 1 aliphatic heterocycles. The molecule has 1 N–H and O–H groups in total. The predicted molar refractivity (Wildman–Crippen MR) is 83.3 cm³/mol. The van der Waals surface area contributed by atoms with Crippen molar-refractivity contribution in [2.75, 3.05) is 31.6 Å². The zero-order chi connectivity index (χ0) is 14.5. The van der Waals surface area contributed by atoms with Crippen LogP contribution in [-0.4, -0.2) is 37.8 Å². The van der Waals surface area contributed by atoms with E-state index >= 15 is 0 Å². The lowest BCUT2D eigenvalue weighted by atomic mass is 10.1. The largest absolute Gasteiger partial charge is 0.376 e. The van der Waals surface area contributed by atoms with Gasteiger partial charge in [0.15, 0.2) is 0 Å². The molecular weight excluding hydrogens is 250 g/mol. The van der Waals surface area contributed by atoms with E-state index in [1.54, 1.807) is 0 Å². The van der Waals surface area contributed by atoms with Gasteiger partial charge in [-0.1, -0.05) is 6.92 Å². The summed E-state index contributed by atoms with van der Waals surface area (Å²) in [5, 5.41) is 3.42. The standard InChI is InChI=1S/C16H27N3O/c1-5-17-10-15-12(2)9-13(3)18-16(15)19(4)11-14-7-6-8-20-14/h9,14,17H,5-8,10-11H2,1-4H3. The van der Waals surface area contributed by atoms with Gasteiger partial charge in [0.2, 0.25) is 0 Å². The molecule has 0 radical (unpaired) electrons. The highest BCUT2D eigenvalue weighted by Crippen LogP contribution is 2.23. The Bertz CT molecular complexity index is 442. The summed E-state index contributed by atoms with van der Waals surface area (Å²) in [5.74, 6) is 1.10. The van der Waals surface area contributed by atoms with E-state index in [-0.39, 0.29) is 0 Å². The predicted octanol–water partition coefficient (Wildman–Crippen LogP) is 2.42. The molecule has 2 heterocycles. The van der Waals surface area contributed by atoms with Gasteiger partial charge in [0.25, 0.3) is 0 Å². The number of anilines is 1. The number of hydrogen-bond acceptors (Lipinski definition) is 4. The molecule has 0 aliphatic carbocycles. The lowest BCUT2D eigenvalue weighted by Crippen LogP contribution is -2.31. The third-order valence-corrected chi connectivity index (χ3v) is 3.87. The summed E-state index contributed by atoms with van der Waals surface area (Å²) < 4.78 is 5.74. The summed E-state index contributed by atoms with van der Waals surface area (Å²) >= 11 is 0. The van der Waals surface area contributed by atoms with Gasteiger partial charge in [-0.3, -0.25) is 0 Å². The van der Waals surface area contributed by atoms with Crippen molar-refractivity contribution in [2.45, 2.75) is 46.3 Å². The smallest absolute Gasteiger partial charge is 0.133 e. The first-order chi connectivity index (χ1) is 9.61. The van der Waals surface area contributed by atoms with E-state index in [9.17, 15) is 0 Å². The molecule has 1 aromatic rings. The van der Waals surface area contributed by atoms with Gasteiger partial charge >= 0.3 is 0 Å². The molecule has 20 heavy (non-hydrogen) atoms. The third kappa shape index (κ3) is 3.70. The quantitative estimate of drug-likeness (QED) is 0.866. The Morgan fingerprint density at radius 1 is 1.45 bits per heavy atom. The molecule has 112 valence electrons. The molecule has 1 aromatic heterocycles. The second kappa shape index (κ2) is 7.04. The van der Waals surface area contributed by atoms with Gasteiger partial charge in [0.1, 0.15) is 5.82 Å². The summed E-state index contributed by atoms with van der Waals surface area (Å²) in [6.45, 7) is 10.0. The number of nitrogens with one attached hydrogen (secondary N) is 1. The monoisotopic (exact) mass is 277 g/mol. The fourth-order valence-electron chi connectivity index (χ4n) is 2.81. The number of likely N-dealkylation sites (N-methyl/N-ethyl adjacent to an activating group) is 1. The molecule has 2 rings (SSSR count). The molecular formula is C16H27N3O. The maximum absolute atomic E-state index is 5.74. The third-order valence-electron chi connectivity index (χ3n) is 3.87. The molecule has 1 fully saturated rings. The van der Waals surface area contributed by atoms with E-state index in [0.29, 0.717) is 6.10 Å². The number of nitrogens with zero attached hydrogens (tertiary/aromatic N) is 2. The van der Waals surface area contributed by atoms with Crippen molar-refractivity contribution < 1.29 is 4.74 Å². The van der Waals surface area contributed by atoms with Gasteiger partial charge in [-0.05, 0) is 44.9 Å². The number of aromatic nitrogens is 1. The van der Waals surface area contributed by atoms with Crippen LogP contribution in [0.3, 0.4) is 0 Å². The first-order valence-electron chi connectivity index (χ1n) is 7.62. The number of ether oxygens (including phenoxy) is 1. The molecule has 0 spiro atoms. The van der Waals surface area contributed by atoms with E-state index in [1.807, 2.05) is 0 Å². The van der Waals surface area contributed by atoms with Crippen LogP contribution in [0.1, 0.15) is 36.6 Å². The van der Waals surface area contributed by atoms with Crippen molar-refractivity contribution in [2.24, 2.45) is 0 Å². The van der Waals surface area contributed by atoms with Crippen LogP contribution in [0.2, 0.25) is 0 Å². The normalized spacial score (nSPS) is 18.5. The van der Waals surface area contributed by atoms with Crippen molar-refractivity contribution in [3.63, 3.8) is 0 Å². The molecule has 0 amide bonds. The van der Waals surface area contributed by atoms with E-state index in [2.05, 4.69) is 44.1 Å². The van der Waals surface area contributed by atoms with Gasteiger partial charge in [0, 0.05) is 38.0 Å². The van der Waals surface area contributed by atoms with Gasteiger partial charge in [-0.2, -0.15) is 0 Å². The number of pyridine rings is 1. The Labute approximate surface area is 122 Å². The Morgan fingerprint density at radius 3 is 2.90 bits per heavy atom. The summed E-state index contributed by atoms with van der Waals surface area (Å²) in [6.07, 6.45) is 2.70. The lowest BCUT2D eigenvalue weighted by Gasteiger charge is -2.25. The van der Waals surface area contributed by atoms with Gasteiger partial charge in [-0.15, -0.1) is 0 Å². The highest BCUT2D eigenvalue weighted by atomic mass is 16.5. The van der Waals surface area contributed by atoms with Crippen molar-refractivity contribution in [1.82, 2.24) is 10.3 Å². The molecule has 1 atom stereocenters. The lowest BCUT2D eigenvalue weighted by molar-refractivity contribution is 0.116. The van der Waals surface area contributed by atoms with E-state index in [0.717, 1.165) is 44.2 Å². The molecule has 1 aliphatic rings. The number of aryl methyl sites for hydroxylation is 2. The van der Waals surface area contributed by atoms with Crippen molar-refractivity contribution in [3.05, 3.63) is 22.9 Å². The Balaban J connectivity index is 2.18. The van der Waals surface area contributed by atoms with Crippen LogP contribution in [0.4, 0.5) is 5.82 Å². The minimum absolute atomic E-state index is 0.356. The van der Waals surface area contributed by atoms with Crippen molar-refractivity contribution >= 4 is 5.82 Å². The average molecular weight is 277 g/mol. The minimum atomic E-state index is 0.356. The van der Waals surface area contributed by atoms with E-state index in [1.165, 1.54) is 17.5 Å². The fraction of sp³-hybridized carbons (Fsp3) is 0.688. The number of rotatable bonds is 6. The zero-order valence-corrected chi connectivity index (χ0v) is 13.2. The Morgan fingerprint density at radius 2 is 2.25 bits per heavy atom. The van der Waals surface area contributed by atoms with Crippen molar-refractivity contribution in [1.29, 1.82) is 0 Å². The van der Waals surface area contributed by atoms with Crippen LogP contribution in [0.5, 0.6) is 0 Å². The topological polar surface area (TPSA) is 37.4 Å². The fourth-order valence-corrected chi connectivity index (χ4v) is 2.81. The second-order valence-corrected chi connectivity index (χ2v) is 5.68. The molecule has 0 aromatic carbocycles. The highest BCUT2D eigenvalue weighted by Gasteiger charge is 2.20. The second-order valence-electron chi connectivity index (χ2n) is 5.68. The van der Waals surface area contributed by atoms with Gasteiger partial charge in [-0.25, -0.2) is 4.98 Å². The van der Waals surface area contributed by atoms with Crippen LogP contribution >= 0.6 is 0 Å². The zero-order valence-electron chi connectivity index (χ0n) is 13.2. The van der Waals surface area contributed by atoms with Crippen LogP contribution < -0.4 is 10.2 Å². The van der Waals surface area contributed by atoms with Crippen LogP contribution in [0, 0.1) is 13.8 Å². The molecule has 0 saturated carbocycles. The highest BCUT2D eigenvalue weighted by molar-refractivity contribution is 5.51. The van der Waals surface area contributed by atoms with Gasteiger partial charge < -0.3 is 15.0 Å². The minimum Gasteiger partial charge on any atom is -0.376 e. The summed E-state index contributed by atoms with van der Waals surface area (Å²) in [7, 11) is 2.12. The van der Waals surface area contributed by atoms with E-state index < -0.39 is 0 Å². The van der Waals surface area contributed by atoms with E-state index in [4.69, 9.17) is 9.72 Å². The van der Waals surface area contributed by atoms with Crippen LogP contribution in [0.25, 0.3) is 0 Å². The molecule has 4 heteroatoms. The summed E-state index contributed by atoms with van der Waals surface area (Å²) in [5.41, 5.74) is 3.70. The first kappa shape index (κ1) is 15.3. The first-order valence-corrected chi connectivity index (χ1v) is 7.62. The summed E-state index contributed by atoms with van der Waals surface area (Å²) in [6, 6.07) is 2.16. The average Bonchev–Trinajstić information content (AvgIpc) is 2.89. The van der Waals surface area contributed by atoms with Crippen LogP contribution in [0.15, 0.2) is 6.07 Å². The van der Waals surface area contributed by atoms with Gasteiger partial charge in [0.05, 0.1) is 6.10 Å². The van der Waals surface area contributed by atoms with Crippen molar-refractivity contribution in [3.8, 4) is 0 Å². The Hall–Kier alpha value is -1.13.